The average molecular weight is 336 g/mol. The van der Waals surface area contributed by atoms with Crippen LogP contribution in [0.1, 0.15) is 60.1 Å². The number of hydrogen-bond acceptors (Lipinski definition) is 1. The van der Waals surface area contributed by atoms with E-state index in [9.17, 15) is 0 Å². The van der Waals surface area contributed by atoms with Crippen LogP contribution in [0, 0.1) is 12.8 Å². The molecule has 0 spiro atoms. The zero-order valence-corrected chi connectivity index (χ0v) is 13.5. The highest BCUT2D eigenvalue weighted by atomic mass is 79.9. The Hall–Kier alpha value is 0.470. The van der Waals surface area contributed by atoms with Gasteiger partial charge in [0.05, 0.1) is 5.38 Å². The van der Waals surface area contributed by atoms with E-state index in [4.69, 9.17) is 11.6 Å². The summed E-state index contributed by atoms with van der Waals surface area (Å²) < 4.78 is 1.21. The fourth-order valence-electron chi connectivity index (χ4n) is 2.68. The van der Waals surface area contributed by atoms with E-state index in [1.165, 1.54) is 59.2 Å². The quantitative estimate of drug-likeness (QED) is 0.544. The minimum Gasteiger partial charge on any atom is -0.143 e. The molecule has 3 heteroatoms. The molecule has 1 aromatic heterocycles. The Labute approximate surface area is 122 Å². The number of aryl methyl sites for hydroxylation is 1. The SMILES string of the molecule is Cc1cc(Br)c(C(Cl)C2CCCCCCC2)s1. The highest BCUT2D eigenvalue weighted by Gasteiger charge is 2.24. The highest BCUT2D eigenvalue weighted by Crippen LogP contribution is 2.43. The fourth-order valence-corrected chi connectivity index (χ4v) is 5.29. The molecule has 1 saturated carbocycles. The largest absolute Gasteiger partial charge is 0.143 e. The van der Waals surface area contributed by atoms with E-state index >= 15 is 0 Å². The summed E-state index contributed by atoms with van der Waals surface area (Å²) in [5.74, 6) is 0.673. The van der Waals surface area contributed by atoms with E-state index in [2.05, 4.69) is 28.9 Å². The Morgan fingerprint density at radius 3 is 2.35 bits per heavy atom. The summed E-state index contributed by atoms with van der Waals surface area (Å²) in [6.07, 6.45) is 9.53. The summed E-state index contributed by atoms with van der Waals surface area (Å²) in [5, 5.41) is 0.209. The predicted molar refractivity (Wildman–Crippen MR) is 81.2 cm³/mol. The van der Waals surface area contributed by atoms with Crippen molar-refractivity contribution in [2.45, 2.75) is 57.2 Å². The van der Waals surface area contributed by atoms with Crippen molar-refractivity contribution in [2.24, 2.45) is 5.92 Å². The molecule has 1 atom stereocenters. The smallest absolute Gasteiger partial charge is 0.0718 e. The van der Waals surface area contributed by atoms with Crippen molar-refractivity contribution in [3.8, 4) is 0 Å². The molecule has 0 bridgehead atoms. The van der Waals surface area contributed by atoms with Gasteiger partial charge in [-0.15, -0.1) is 22.9 Å². The lowest BCUT2D eigenvalue weighted by Gasteiger charge is -2.24. The number of thiophene rings is 1. The van der Waals surface area contributed by atoms with E-state index in [0.717, 1.165) is 0 Å². The van der Waals surface area contributed by atoms with Crippen molar-refractivity contribution in [1.29, 1.82) is 0 Å². The lowest BCUT2D eigenvalue weighted by atomic mass is 9.88. The van der Waals surface area contributed by atoms with E-state index in [-0.39, 0.29) is 5.38 Å². The first-order valence-electron chi connectivity index (χ1n) is 6.58. The highest BCUT2D eigenvalue weighted by molar-refractivity contribution is 9.10. The summed E-state index contributed by atoms with van der Waals surface area (Å²) >= 11 is 12.2. The maximum absolute atomic E-state index is 6.71. The van der Waals surface area contributed by atoms with Gasteiger partial charge in [0, 0.05) is 14.2 Å². The zero-order valence-electron chi connectivity index (χ0n) is 10.3. The van der Waals surface area contributed by atoms with Crippen molar-refractivity contribution in [3.05, 3.63) is 20.3 Å². The molecule has 0 aromatic carbocycles. The summed E-state index contributed by atoms with van der Waals surface area (Å²) in [6.45, 7) is 2.15. The van der Waals surface area contributed by atoms with Gasteiger partial charge in [-0.1, -0.05) is 32.1 Å². The van der Waals surface area contributed by atoms with E-state index in [0.29, 0.717) is 5.92 Å². The van der Waals surface area contributed by atoms with Crippen LogP contribution >= 0.6 is 38.9 Å². The van der Waals surface area contributed by atoms with Crippen molar-refractivity contribution < 1.29 is 0 Å². The van der Waals surface area contributed by atoms with Gasteiger partial charge in [0.15, 0.2) is 0 Å². The van der Waals surface area contributed by atoms with Crippen molar-refractivity contribution >= 4 is 38.9 Å². The molecule has 0 aliphatic heterocycles. The first-order chi connectivity index (χ1) is 8.18. The normalized spacial score (nSPS) is 20.9. The molecular weight excluding hydrogens is 316 g/mol. The zero-order chi connectivity index (χ0) is 12.3. The molecule has 0 amide bonds. The van der Waals surface area contributed by atoms with Crippen LogP contribution in [0.4, 0.5) is 0 Å². The van der Waals surface area contributed by atoms with Gasteiger partial charge in [0.25, 0.3) is 0 Å². The second kappa shape index (κ2) is 6.58. The number of hydrogen-bond donors (Lipinski definition) is 0. The summed E-state index contributed by atoms with van der Waals surface area (Å²) in [7, 11) is 0. The Morgan fingerprint density at radius 2 is 1.82 bits per heavy atom. The first-order valence-corrected chi connectivity index (χ1v) is 8.63. The molecule has 1 aliphatic rings. The van der Waals surface area contributed by atoms with E-state index < -0.39 is 0 Å². The minimum absolute atomic E-state index is 0.209. The Balaban J connectivity index is 2.06. The summed E-state index contributed by atoms with van der Waals surface area (Å²) in [4.78, 5) is 2.69. The van der Waals surface area contributed by atoms with Crippen LogP contribution in [0.15, 0.2) is 10.5 Å². The predicted octanol–water partition coefficient (Wildman–Crippen LogP) is 6.46. The Kier molecular flexibility index (Phi) is 5.38. The summed E-state index contributed by atoms with van der Waals surface area (Å²) in [6, 6.07) is 2.19. The maximum Gasteiger partial charge on any atom is 0.0718 e. The third kappa shape index (κ3) is 3.71. The molecule has 0 saturated heterocycles. The van der Waals surface area contributed by atoms with Gasteiger partial charge >= 0.3 is 0 Å². The monoisotopic (exact) mass is 334 g/mol. The van der Waals surface area contributed by atoms with Crippen LogP contribution in [0.2, 0.25) is 0 Å². The van der Waals surface area contributed by atoms with Gasteiger partial charge in [-0.25, -0.2) is 0 Å². The molecule has 0 N–H and O–H groups in total. The Morgan fingerprint density at radius 1 is 1.24 bits per heavy atom. The molecule has 1 unspecified atom stereocenters. The van der Waals surface area contributed by atoms with Gasteiger partial charge in [-0.2, -0.15) is 0 Å². The van der Waals surface area contributed by atoms with Crippen LogP contribution in [0.25, 0.3) is 0 Å². The van der Waals surface area contributed by atoms with Crippen molar-refractivity contribution in [1.82, 2.24) is 0 Å². The van der Waals surface area contributed by atoms with Gasteiger partial charge in [0.2, 0.25) is 0 Å². The molecule has 1 aliphatic carbocycles. The van der Waals surface area contributed by atoms with Gasteiger partial charge < -0.3 is 0 Å². The Bertz CT molecular complexity index is 353. The molecule has 1 heterocycles. The third-order valence-corrected chi connectivity index (χ3v) is 6.41. The average Bonchev–Trinajstić information content (AvgIpc) is 2.56. The van der Waals surface area contributed by atoms with Crippen LogP contribution in [-0.4, -0.2) is 0 Å². The van der Waals surface area contributed by atoms with Crippen LogP contribution in [0.5, 0.6) is 0 Å². The van der Waals surface area contributed by atoms with Crippen LogP contribution in [-0.2, 0) is 0 Å². The summed E-state index contributed by atoms with van der Waals surface area (Å²) in [5.41, 5.74) is 0. The fraction of sp³-hybridized carbons (Fsp3) is 0.714. The molecule has 1 aromatic rings. The lowest BCUT2D eigenvalue weighted by molar-refractivity contribution is 0.370. The number of halogens is 2. The third-order valence-electron chi connectivity index (χ3n) is 3.65. The van der Waals surface area contributed by atoms with Crippen LogP contribution < -0.4 is 0 Å². The topological polar surface area (TPSA) is 0 Å². The van der Waals surface area contributed by atoms with Crippen molar-refractivity contribution in [3.63, 3.8) is 0 Å². The number of rotatable bonds is 2. The second-order valence-electron chi connectivity index (χ2n) is 5.08. The lowest BCUT2D eigenvalue weighted by Crippen LogP contribution is -2.09. The molecule has 96 valence electrons. The number of alkyl halides is 1. The minimum atomic E-state index is 0.209. The van der Waals surface area contributed by atoms with Crippen molar-refractivity contribution in [2.75, 3.05) is 0 Å². The van der Waals surface area contributed by atoms with Gasteiger partial charge in [-0.05, 0) is 47.7 Å². The van der Waals surface area contributed by atoms with Gasteiger partial charge in [-0.3, -0.25) is 0 Å². The van der Waals surface area contributed by atoms with E-state index in [1.54, 1.807) is 0 Å². The molecule has 2 rings (SSSR count). The molecule has 0 radical (unpaired) electrons. The van der Waals surface area contributed by atoms with Crippen LogP contribution in [0.3, 0.4) is 0 Å². The standard InChI is InChI=1S/C14H20BrClS/c1-10-9-12(15)14(17-10)13(16)11-7-5-3-2-4-6-8-11/h9,11,13H,2-8H2,1H3. The molecule has 17 heavy (non-hydrogen) atoms. The molecule has 1 fully saturated rings. The maximum atomic E-state index is 6.71. The van der Waals surface area contributed by atoms with Gasteiger partial charge in [0.1, 0.15) is 0 Å². The molecule has 0 nitrogen and oxygen atoms in total. The molecular formula is C14H20BrClS. The van der Waals surface area contributed by atoms with E-state index in [1.807, 2.05) is 11.3 Å². The second-order valence-corrected chi connectivity index (χ2v) is 7.69. The first kappa shape index (κ1) is 13.9.